The van der Waals surface area contributed by atoms with Crippen molar-refractivity contribution in [3.63, 3.8) is 0 Å². The first-order valence-corrected chi connectivity index (χ1v) is 7.40. The molecule has 6 heteroatoms. The van der Waals surface area contributed by atoms with Crippen LogP contribution < -0.4 is 5.32 Å². The lowest BCUT2D eigenvalue weighted by Gasteiger charge is -2.19. The highest BCUT2D eigenvalue weighted by atomic mass is 16.6. The molecule has 0 spiro atoms. The Kier molecular flexibility index (Phi) is 6.75. The topological polar surface area (TPSA) is 81.7 Å². The molecule has 0 bridgehead atoms. The van der Waals surface area contributed by atoms with Crippen LogP contribution in [0, 0.1) is 0 Å². The van der Waals surface area contributed by atoms with Crippen molar-refractivity contribution in [2.24, 2.45) is 0 Å². The van der Waals surface area contributed by atoms with Crippen molar-refractivity contribution < 1.29 is 23.9 Å². The number of carbonyl (C=O) groups excluding carboxylic acids is 3. The fraction of sp³-hybridized carbons (Fsp3) is 0.471. The highest BCUT2D eigenvalue weighted by Crippen LogP contribution is 2.13. The van der Waals surface area contributed by atoms with Crippen LogP contribution in [0.5, 0.6) is 0 Å². The van der Waals surface area contributed by atoms with Crippen molar-refractivity contribution >= 4 is 23.5 Å². The molecule has 23 heavy (non-hydrogen) atoms. The lowest BCUT2D eigenvalue weighted by atomic mass is 10.1. The van der Waals surface area contributed by atoms with Gasteiger partial charge in [0.2, 0.25) is 0 Å². The van der Waals surface area contributed by atoms with Crippen molar-refractivity contribution in [1.29, 1.82) is 0 Å². The van der Waals surface area contributed by atoms with Crippen molar-refractivity contribution in [1.82, 2.24) is 0 Å². The molecule has 0 atom stereocenters. The number of hydrogen-bond acceptors (Lipinski definition) is 5. The zero-order valence-corrected chi connectivity index (χ0v) is 14.0. The predicted molar refractivity (Wildman–Crippen MR) is 86.3 cm³/mol. The Hall–Kier alpha value is -2.37. The largest absolute Gasteiger partial charge is 0.465 e. The van der Waals surface area contributed by atoms with Crippen molar-refractivity contribution in [3.05, 3.63) is 29.8 Å². The van der Waals surface area contributed by atoms with Gasteiger partial charge in [0, 0.05) is 12.1 Å². The number of esters is 1. The summed E-state index contributed by atoms with van der Waals surface area (Å²) in [6, 6.07) is 7.14. The van der Waals surface area contributed by atoms with E-state index in [9.17, 15) is 14.4 Å². The molecule has 0 radical (unpaired) electrons. The molecule has 0 fully saturated rings. The van der Waals surface area contributed by atoms with Gasteiger partial charge in [-0.15, -0.1) is 0 Å². The van der Waals surface area contributed by atoms with E-state index in [1.165, 1.54) is 6.92 Å². The van der Waals surface area contributed by atoms with Crippen LogP contribution in [0.1, 0.15) is 39.7 Å². The summed E-state index contributed by atoms with van der Waals surface area (Å²) in [5, 5.41) is 2.64. The van der Waals surface area contributed by atoms with E-state index in [0.717, 1.165) is 5.56 Å². The molecule has 1 amide bonds. The Morgan fingerprint density at radius 1 is 1.09 bits per heavy atom. The Balaban J connectivity index is 2.40. The third kappa shape index (κ3) is 8.60. The Morgan fingerprint density at radius 3 is 2.22 bits per heavy atom. The maximum atomic E-state index is 11.6. The van der Waals surface area contributed by atoms with Gasteiger partial charge in [-0.2, -0.15) is 0 Å². The van der Waals surface area contributed by atoms with Gasteiger partial charge in [-0.05, 0) is 45.4 Å². The van der Waals surface area contributed by atoms with Crippen LogP contribution in [-0.4, -0.2) is 30.1 Å². The minimum absolute atomic E-state index is 0.196. The van der Waals surface area contributed by atoms with Gasteiger partial charge in [0.1, 0.15) is 17.8 Å². The van der Waals surface area contributed by atoms with E-state index in [-0.39, 0.29) is 18.8 Å². The Bertz CT molecular complexity index is 557. The molecule has 0 heterocycles. The molecule has 1 rings (SSSR count). The van der Waals surface area contributed by atoms with Crippen LogP contribution in [0.4, 0.5) is 10.5 Å². The van der Waals surface area contributed by atoms with Gasteiger partial charge in [-0.1, -0.05) is 12.1 Å². The summed E-state index contributed by atoms with van der Waals surface area (Å²) in [6.07, 6.45) is -0.168. The SMILES string of the molecule is CC(=O)CC(=O)OCCc1ccc(NC(=O)OC(C)(C)C)cc1. The van der Waals surface area contributed by atoms with Crippen LogP contribution in [-0.2, 0) is 25.5 Å². The van der Waals surface area contributed by atoms with Gasteiger partial charge in [-0.3, -0.25) is 14.9 Å². The molecule has 0 aliphatic rings. The van der Waals surface area contributed by atoms with E-state index in [2.05, 4.69) is 5.32 Å². The molecule has 0 aliphatic heterocycles. The maximum Gasteiger partial charge on any atom is 0.412 e. The van der Waals surface area contributed by atoms with Crippen LogP contribution >= 0.6 is 0 Å². The standard InChI is InChI=1S/C17H23NO5/c1-12(19)11-15(20)22-10-9-13-5-7-14(8-6-13)18-16(21)23-17(2,3)4/h5-8H,9-11H2,1-4H3,(H,18,21). The Morgan fingerprint density at radius 2 is 1.70 bits per heavy atom. The number of amides is 1. The van der Waals surface area contributed by atoms with Crippen LogP contribution in [0.2, 0.25) is 0 Å². The number of hydrogen-bond donors (Lipinski definition) is 1. The fourth-order valence-electron chi connectivity index (χ4n) is 1.71. The number of rotatable bonds is 6. The van der Waals surface area contributed by atoms with E-state index in [4.69, 9.17) is 9.47 Å². The molecule has 1 aromatic carbocycles. The molecular formula is C17H23NO5. The van der Waals surface area contributed by atoms with E-state index in [1.54, 1.807) is 32.9 Å². The van der Waals surface area contributed by atoms with Gasteiger partial charge in [0.05, 0.1) is 6.61 Å². The van der Waals surface area contributed by atoms with E-state index in [0.29, 0.717) is 12.1 Å². The number of nitrogens with one attached hydrogen (secondary N) is 1. The molecule has 0 aromatic heterocycles. The van der Waals surface area contributed by atoms with Gasteiger partial charge < -0.3 is 9.47 Å². The maximum absolute atomic E-state index is 11.6. The van der Waals surface area contributed by atoms with Crippen molar-refractivity contribution in [3.8, 4) is 0 Å². The third-order valence-corrected chi connectivity index (χ3v) is 2.65. The third-order valence-electron chi connectivity index (χ3n) is 2.65. The zero-order chi connectivity index (χ0) is 17.5. The minimum atomic E-state index is -0.548. The fourth-order valence-corrected chi connectivity index (χ4v) is 1.71. The van der Waals surface area contributed by atoms with Gasteiger partial charge in [0.25, 0.3) is 0 Å². The summed E-state index contributed by atoms with van der Waals surface area (Å²) in [5.74, 6) is -0.728. The van der Waals surface area contributed by atoms with Gasteiger partial charge >= 0.3 is 12.1 Å². The summed E-state index contributed by atoms with van der Waals surface area (Å²) >= 11 is 0. The van der Waals surface area contributed by atoms with Crippen LogP contribution in [0.25, 0.3) is 0 Å². The first kappa shape index (κ1) is 18.7. The summed E-state index contributed by atoms with van der Waals surface area (Å²) in [6.45, 7) is 6.94. The zero-order valence-electron chi connectivity index (χ0n) is 14.0. The summed E-state index contributed by atoms with van der Waals surface area (Å²) in [4.78, 5) is 33.6. The molecule has 1 N–H and O–H groups in total. The van der Waals surface area contributed by atoms with Crippen LogP contribution in [0.15, 0.2) is 24.3 Å². The van der Waals surface area contributed by atoms with Crippen molar-refractivity contribution in [2.45, 2.75) is 46.1 Å². The second kappa shape index (κ2) is 8.31. The quantitative estimate of drug-likeness (QED) is 0.643. The Labute approximate surface area is 136 Å². The summed E-state index contributed by atoms with van der Waals surface area (Å²) in [7, 11) is 0. The lowest BCUT2D eigenvalue weighted by molar-refractivity contribution is -0.145. The number of ketones is 1. The summed E-state index contributed by atoms with van der Waals surface area (Å²) in [5.41, 5.74) is 1.03. The average molecular weight is 321 g/mol. The molecule has 126 valence electrons. The normalized spacial score (nSPS) is 10.8. The second-order valence-electron chi connectivity index (χ2n) is 6.17. The monoisotopic (exact) mass is 321 g/mol. The first-order chi connectivity index (χ1) is 10.7. The number of benzene rings is 1. The number of carbonyl (C=O) groups is 3. The van der Waals surface area contributed by atoms with Gasteiger partial charge in [-0.25, -0.2) is 4.79 Å². The first-order valence-electron chi connectivity index (χ1n) is 7.40. The smallest absolute Gasteiger partial charge is 0.412 e. The molecule has 0 unspecified atom stereocenters. The van der Waals surface area contributed by atoms with Crippen LogP contribution in [0.3, 0.4) is 0 Å². The predicted octanol–water partition coefficient (Wildman–Crippen LogP) is 3.10. The minimum Gasteiger partial charge on any atom is -0.465 e. The summed E-state index contributed by atoms with van der Waals surface area (Å²) < 4.78 is 10.1. The number of Topliss-reactive ketones (excluding diaryl/α,β-unsaturated/α-hetero) is 1. The van der Waals surface area contributed by atoms with Crippen molar-refractivity contribution in [2.75, 3.05) is 11.9 Å². The molecule has 1 aromatic rings. The van der Waals surface area contributed by atoms with E-state index < -0.39 is 17.7 Å². The molecule has 0 saturated heterocycles. The molecular weight excluding hydrogens is 298 g/mol. The van der Waals surface area contributed by atoms with Gasteiger partial charge in [0.15, 0.2) is 0 Å². The lowest BCUT2D eigenvalue weighted by Crippen LogP contribution is -2.27. The highest BCUT2D eigenvalue weighted by molar-refractivity contribution is 5.94. The van der Waals surface area contributed by atoms with E-state index in [1.807, 2.05) is 12.1 Å². The number of anilines is 1. The average Bonchev–Trinajstić information content (AvgIpc) is 2.37. The molecule has 0 aliphatic carbocycles. The molecule has 6 nitrogen and oxygen atoms in total. The second-order valence-corrected chi connectivity index (χ2v) is 6.17. The molecule has 0 saturated carbocycles. The highest BCUT2D eigenvalue weighted by Gasteiger charge is 2.16. The van der Waals surface area contributed by atoms with E-state index >= 15 is 0 Å². The number of ether oxygens (including phenoxy) is 2.